The Bertz CT molecular complexity index is 296. The first-order chi connectivity index (χ1) is 7.88. The number of nitrogens with one attached hydrogen (secondary N) is 1. The Morgan fingerprint density at radius 2 is 1.94 bits per heavy atom. The van der Waals surface area contributed by atoms with Gasteiger partial charge in [0.1, 0.15) is 5.78 Å². The smallest absolute Gasteiger partial charge is 0.317 e. The van der Waals surface area contributed by atoms with Crippen molar-refractivity contribution in [2.75, 3.05) is 13.1 Å². The van der Waals surface area contributed by atoms with Crippen LogP contribution in [-0.4, -0.2) is 35.8 Å². The zero-order valence-corrected chi connectivity index (χ0v) is 11.4. The number of carbonyl (C=O) groups is 2. The second-order valence-corrected chi connectivity index (χ2v) is 5.52. The molecule has 1 aliphatic rings. The number of Topliss-reactive ketones (excluding diaryl/α,β-unsaturated/α-hetero) is 1. The molecule has 17 heavy (non-hydrogen) atoms. The molecule has 0 aromatic rings. The molecular weight excluding hydrogens is 216 g/mol. The molecule has 4 heteroatoms. The Morgan fingerprint density at radius 1 is 1.35 bits per heavy atom. The van der Waals surface area contributed by atoms with Crippen molar-refractivity contribution in [1.82, 2.24) is 10.2 Å². The average molecular weight is 240 g/mol. The normalized spacial score (nSPS) is 15.5. The van der Waals surface area contributed by atoms with E-state index in [1.54, 1.807) is 6.92 Å². The molecule has 1 aliphatic carbocycles. The molecular formula is C13H24N2O2. The number of nitrogens with zero attached hydrogens (tertiary/aromatic N) is 1. The van der Waals surface area contributed by atoms with Crippen LogP contribution < -0.4 is 5.32 Å². The van der Waals surface area contributed by atoms with Crippen LogP contribution in [-0.2, 0) is 4.79 Å². The lowest BCUT2D eigenvalue weighted by molar-refractivity contribution is -0.124. The highest BCUT2D eigenvalue weighted by Gasteiger charge is 2.33. The first kappa shape index (κ1) is 14.0. The Balaban J connectivity index is 2.44. The molecule has 0 aromatic carbocycles. The summed E-state index contributed by atoms with van der Waals surface area (Å²) in [5.41, 5.74) is -0.475. The zero-order chi connectivity index (χ0) is 13.1. The largest absolute Gasteiger partial charge is 0.337 e. The fourth-order valence-corrected chi connectivity index (χ4v) is 1.60. The van der Waals surface area contributed by atoms with Gasteiger partial charge in [-0.2, -0.15) is 0 Å². The maximum atomic E-state index is 12.0. The number of amides is 2. The fourth-order valence-electron chi connectivity index (χ4n) is 1.60. The summed E-state index contributed by atoms with van der Waals surface area (Å²) in [5, 5.41) is 2.88. The van der Waals surface area contributed by atoms with Crippen molar-refractivity contribution in [2.45, 2.75) is 53.0 Å². The zero-order valence-electron chi connectivity index (χ0n) is 11.4. The topological polar surface area (TPSA) is 49.4 Å². The van der Waals surface area contributed by atoms with Crippen LogP contribution in [0.3, 0.4) is 0 Å². The number of hydrogen-bond donors (Lipinski definition) is 1. The van der Waals surface area contributed by atoms with Gasteiger partial charge in [-0.15, -0.1) is 0 Å². The van der Waals surface area contributed by atoms with Gasteiger partial charge in [-0.3, -0.25) is 4.79 Å². The van der Waals surface area contributed by atoms with E-state index in [0.29, 0.717) is 12.6 Å². The third kappa shape index (κ3) is 4.02. The minimum atomic E-state index is -0.475. The van der Waals surface area contributed by atoms with Gasteiger partial charge >= 0.3 is 6.03 Å². The molecule has 4 nitrogen and oxygen atoms in total. The molecule has 0 saturated heterocycles. The summed E-state index contributed by atoms with van der Waals surface area (Å²) in [5.74, 6) is 0.103. The lowest BCUT2D eigenvalue weighted by Crippen LogP contribution is -2.46. The van der Waals surface area contributed by atoms with Crippen LogP contribution in [0.4, 0.5) is 4.79 Å². The van der Waals surface area contributed by atoms with Crippen molar-refractivity contribution in [3.63, 3.8) is 0 Å². The standard InChI is InChI=1S/C13H24N2O2/c1-5-8-15(11-6-7-11)12(17)14-9-13(3,4)10(2)16/h11H,5-9H2,1-4H3,(H,14,17). The third-order valence-electron chi connectivity index (χ3n) is 3.35. The monoisotopic (exact) mass is 240 g/mol. The summed E-state index contributed by atoms with van der Waals surface area (Å²) in [7, 11) is 0. The van der Waals surface area contributed by atoms with Crippen LogP contribution in [0.1, 0.15) is 47.0 Å². The highest BCUT2D eigenvalue weighted by Crippen LogP contribution is 2.27. The van der Waals surface area contributed by atoms with Gasteiger partial charge in [0.15, 0.2) is 0 Å². The Morgan fingerprint density at radius 3 is 2.35 bits per heavy atom. The number of rotatable bonds is 6. The molecule has 1 fully saturated rings. The Kier molecular flexibility index (Phi) is 4.54. The summed E-state index contributed by atoms with van der Waals surface area (Å²) in [6, 6.07) is 0.402. The van der Waals surface area contributed by atoms with E-state index < -0.39 is 5.41 Å². The highest BCUT2D eigenvalue weighted by molar-refractivity contribution is 5.83. The highest BCUT2D eigenvalue weighted by atomic mass is 16.2. The van der Waals surface area contributed by atoms with Gasteiger partial charge < -0.3 is 10.2 Å². The van der Waals surface area contributed by atoms with E-state index in [1.807, 2.05) is 18.7 Å². The van der Waals surface area contributed by atoms with Crippen LogP contribution >= 0.6 is 0 Å². The first-order valence-electron chi connectivity index (χ1n) is 6.44. The summed E-state index contributed by atoms with van der Waals surface area (Å²) in [6.07, 6.45) is 3.20. The molecule has 0 heterocycles. The van der Waals surface area contributed by atoms with Crippen LogP contribution in [0.5, 0.6) is 0 Å². The fraction of sp³-hybridized carbons (Fsp3) is 0.846. The van der Waals surface area contributed by atoms with E-state index in [9.17, 15) is 9.59 Å². The van der Waals surface area contributed by atoms with Crippen molar-refractivity contribution in [3.05, 3.63) is 0 Å². The molecule has 0 unspecified atom stereocenters. The van der Waals surface area contributed by atoms with Crippen molar-refractivity contribution < 1.29 is 9.59 Å². The molecule has 98 valence electrons. The molecule has 0 atom stereocenters. The lowest BCUT2D eigenvalue weighted by atomic mass is 9.89. The van der Waals surface area contributed by atoms with Gasteiger partial charge in [0.25, 0.3) is 0 Å². The van der Waals surface area contributed by atoms with Crippen LogP contribution in [0.25, 0.3) is 0 Å². The molecule has 0 aromatic heterocycles. The predicted molar refractivity (Wildman–Crippen MR) is 67.9 cm³/mol. The first-order valence-corrected chi connectivity index (χ1v) is 6.44. The number of hydrogen-bond acceptors (Lipinski definition) is 2. The molecule has 1 N–H and O–H groups in total. The molecule has 0 radical (unpaired) electrons. The maximum absolute atomic E-state index is 12.0. The Labute approximate surface area is 104 Å². The average Bonchev–Trinajstić information content (AvgIpc) is 3.06. The van der Waals surface area contributed by atoms with Crippen molar-refractivity contribution in [2.24, 2.45) is 5.41 Å². The SMILES string of the molecule is CCCN(C(=O)NCC(C)(C)C(C)=O)C1CC1. The van der Waals surface area contributed by atoms with E-state index in [0.717, 1.165) is 25.8 Å². The third-order valence-corrected chi connectivity index (χ3v) is 3.35. The van der Waals surface area contributed by atoms with Gasteiger partial charge in [0.2, 0.25) is 0 Å². The minimum Gasteiger partial charge on any atom is -0.337 e. The predicted octanol–water partition coefficient (Wildman–Crippen LogP) is 2.19. The minimum absolute atomic E-state index is 0.0244. The lowest BCUT2D eigenvalue weighted by Gasteiger charge is -2.26. The van der Waals surface area contributed by atoms with Crippen LogP contribution in [0, 0.1) is 5.41 Å². The van der Waals surface area contributed by atoms with E-state index >= 15 is 0 Å². The second kappa shape index (κ2) is 5.52. The Hall–Kier alpha value is -1.06. The van der Waals surface area contributed by atoms with Gasteiger partial charge in [-0.25, -0.2) is 4.79 Å². The van der Waals surface area contributed by atoms with E-state index in [2.05, 4.69) is 12.2 Å². The summed E-state index contributed by atoms with van der Waals surface area (Å²) in [4.78, 5) is 25.2. The van der Waals surface area contributed by atoms with E-state index in [-0.39, 0.29) is 11.8 Å². The summed E-state index contributed by atoms with van der Waals surface area (Å²) >= 11 is 0. The summed E-state index contributed by atoms with van der Waals surface area (Å²) in [6.45, 7) is 8.57. The maximum Gasteiger partial charge on any atom is 0.317 e. The summed E-state index contributed by atoms with van der Waals surface area (Å²) < 4.78 is 0. The van der Waals surface area contributed by atoms with Crippen molar-refractivity contribution in [1.29, 1.82) is 0 Å². The van der Waals surface area contributed by atoms with Crippen molar-refractivity contribution >= 4 is 11.8 Å². The van der Waals surface area contributed by atoms with Gasteiger partial charge in [0.05, 0.1) is 0 Å². The van der Waals surface area contributed by atoms with E-state index in [1.165, 1.54) is 0 Å². The quantitative estimate of drug-likeness (QED) is 0.773. The van der Waals surface area contributed by atoms with Crippen molar-refractivity contribution in [3.8, 4) is 0 Å². The molecule has 0 bridgehead atoms. The van der Waals surface area contributed by atoms with Crippen LogP contribution in [0.15, 0.2) is 0 Å². The molecule has 0 aliphatic heterocycles. The van der Waals surface area contributed by atoms with E-state index in [4.69, 9.17) is 0 Å². The number of ketones is 1. The molecule has 1 rings (SSSR count). The number of carbonyl (C=O) groups excluding carboxylic acids is 2. The number of urea groups is 1. The second-order valence-electron chi connectivity index (χ2n) is 5.52. The van der Waals surface area contributed by atoms with Crippen LogP contribution in [0.2, 0.25) is 0 Å². The van der Waals surface area contributed by atoms with Gasteiger partial charge in [-0.05, 0) is 26.2 Å². The molecule has 1 saturated carbocycles. The molecule has 0 spiro atoms. The van der Waals surface area contributed by atoms with Gasteiger partial charge in [0, 0.05) is 24.5 Å². The molecule has 2 amide bonds. The van der Waals surface area contributed by atoms with Gasteiger partial charge in [-0.1, -0.05) is 20.8 Å².